The summed E-state index contributed by atoms with van der Waals surface area (Å²) in [6, 6.07) is 20.8. The number of pyridine rings is 3. The Hall–Kier alpha value is -5.77. The van der Waals surface area contributed by atoms with Crippen LogP contribution in [0.25, 0.3) is 56.0 Å². The molecule has 2 aromatic carbocycles. The van der Waals surface area contributed by atoms with Gasteiger partial charge in [-0.25, -0.2) is 14.4 Å². The van der Waals surface area contributed by atoms with Crippen LogP contribution in [-0.2, 0) is 0 Å². The molecule has 0 bridgehead atoms. The minimum absolute atomic E-state index is 0.218. The lowest BCUT2D eigenvalue weighted by atomic mass is 10.1. The van der Waals surface area contributed by atoms with Crippen LogP contribution in [0.15, 0.2) is 97.6 Å². The third-order valence-electron chi connectivity index (χ3n) is 6.52. The lowest BCUT2D eigenvalue weighted by Gasteiger charge is -2.07. The van der Waals surface area contributed by atoms with Gasteiger partial charge in [-0.3, -0.25) is 19.9 Å². The minimum Gasteiger partial charge on any atom is -0.336 e. The maximum absolute atomic E-state index is 13.5. The van der Waals surface area contributed by atoms with Crippen LogP contribution in [0.2, 0.25) is 0 Å². The highest BCUT2D eigenvalue weighted by Gasteiger charge is 2.17. The van der Waals surface area contributed by atoms with Gasteiger partial charge >= 0.3 is 0 Å². The summed E-state index contributed by atoms with van der Waals surface area (Å²) in [5.41, 5.74) is 6.70. The maximum Gasteiger partial charge on any atom is 0.255 e. The zero-order valence-corrected chi connectivity index (χ0v) is 20.8. The quantitative estimate of drug-likeness (QED) is 0.252. The summed E-state index contributed by atoms with van der Waals surface area (Å²) in [5.74, 6) is 0.00689. The van der Waals surface area contributed by atoms with Crippen molar-refractivity contribution >= 4 is 33.7 Å². The average molecular weight is 527 g/mol. The van der Waals surface area contributed by atoms with E-state index in [-0.39, 0.29) is 11.7 Å². The summed E-state index contributed by atoms with van der Waals surface area (Å²) in [6.45, 7) is 0. The number of imidazole rings is 1. The molecule has 192 valence electrons. The van der Waals surface area contributed by atoms with Crippen molar-refractivity contribution in [1.29, 1.82) is 0 Å². The van der Waals surface area contributed by atoms with E-state index in [1.165, 1.54) is 12.1 Å². The maximum atomic E-state index is 13.5. The molecule has 1 amide bonds. The number of carbonyl (C=O) groups excluding carboxylic acids is 1. The summed E-state index contributed by atoms with van der Waals surface area (Å²) in [4.78, 5) is 34.1. The molecule has 7 aromatic rings. The molecule has 10 heteroatoms. The van der Waals surface area contributed by atoms with E-state index in [1.54, 1.807) is 49.1 Å². The van der Waals surface area contributed by atoms with Gasteiger partial charge in [0.05, 0.1) is 28.5 Å². The highest BCUT2D eigenvalue weighted by atomic mass is 19.1. The van der Waals surface area contributed by atoms with Gasteiger partial charge in [-0.1, -0.05) is 18.2 Å². The van der Waals surface area contributed by atoms with Crippen molar-refractivity contribution in [2.75, 3.05) is 5.32 Å². The van der Waals surface area contributed by atoms with E-state index in [4.69, 9.17) is 4.98 Å². The van der Waals surface area contributed by atoms with Gasteiger partial charge in [-0.15, -0.1) is 0 Å². The van der Waals surface area contributed by atoms with E-state index >= 15 is 0 Å². The van der Waals surface area contributed by atoms with Crippen LogP contribution < -0.4 is 5.32 Å². The van der Waals surface area contributed by atoms with Crippen LogP contribution in [-0.4, -0.2) is 41.0 Å². The van der Waals surface area contributed by atoms with Crippen LogP contribution in [0.3, 0.4) is 0 Å². The Kier molecular flexibility index (Phi) is 5.56. The van der Waals surface area contributed by atoms with Crippen molar-refractivity contribution in [3.63, 3.8) is 0 Å². The fraction of sp³-hybridized carbons (Fsp3) is 0. The summed E-state index contributed by atoms with van der Waals surface area (Å²) in [5, 5.41) is 11.1. The number of hydrogen-bond donors (Lipinski definition) is 3. The Balaban J connectivity index is 1.25. The summed E-state index contributed by atoms with van der Waals surface area (Å²) in [7, 11) is 0. The van der Waals surface area contributed by atoms with Gasteiger partial charge in [0.25, 0.3) is 5.91 Å². The SMILES string of the molecule is O=C(Nc1cncc(-c2cnc3[nH]nc(-c4nc5c(-c6ccc(F)cc6)nccc5[nH]4)c3c2)c1)c1ccccc1. The van der Waals surface area contributed by atoms with Gasteiger partial charge in [0.2, 0.25) is 0 Å². The number of halogens is 1. The van der Waals surface area contributed by atoms with Crippen molar-refractivity contribution in [1.82, 2.24) is 35.1 Å². The second-order valence-electron chi connectivity index (χ2n) is 9.12. The van der Waals surface area contributed by atoms with Crippen molar-refractivity contribution in [3.05, 3.63) is 109 Å². The standard InChI is InChI=1S/C30H19FN8O/c31-21-8-6-17(7-9-21)25-27-24(10-11-33-25)36-29(37-27)26-23-13-20(15-34-28(23)39-38-26)19-12-22(16-32-14-19)35-30(40)18-4-2-1-3-5-18/h1-16H,(H,35,40)(H,36,37)(H,34,38,39). The Labute approximate surface area is 226 Å². The molecule has 0 saturated heterocycles. The first-order chi connectivity index (χ1) is 19.6. The smallest absolute Gasteiger partial charge is 0.255 e. The molecule has 9 nitrogen and oxygen atoms in total. The molecule has 0 unspecified atom stereocenters. The Morgan fingerprint density at radius 1 is 0.825 bits per heavy atom. The molecule has 0 aliphatic carbocycles. The second-order valence-corrected chi connectivity index (χ2v) is 9.12. The van der Waals surface area contributed by atoms with E-state index in [1.807, 2.05) is 36.4 Å². The summed E-state index contributed by atoms with van der Waals surface area (Å²) < 4.78 is 13.5. The number of rotatable bonds is 5. The largest absolute Gasteiger partial charge is 0.336 e. The average Bonchev–Trinajstić information content (AvgIpc) is 3.62. The predicted octanol–water partition coefficient (Wildman–Crippen LogP) is 6.02. The number of hydrogen-bond acceptors (Lipinski definition) is 6. The van der Waals surface area contributed by atoms with Gasteiger partial charge in [0, 0.05) is 40.8 Å². The van der Waals surface area contributed by atoms with Crippen LogP contribution in [0, 0.1) is 5.82 Å². The molecule has 0 radical (unpaired) electrons. The van der Waals surface area contributed by atoms with Crippen molar-refractivity contribution < 1.29 is 9.18 Å². The molecule has 7 rings (SSSR count). The predicted molar refractivity (Wildman–Crippen MR) is 150 cm³/mol. The highest BCUT2D eigenvalue weighted by Crippen LogP contribution is 2.32. The van der Waals surface area contributed by atoms with E-state index in [0.717, 1.165) is 27.6 Å². The molecule has 3 N–H and O–H groups in total. The molecule has 0 fully saturated rings. The van der Waals surface area contributed by atoms with Gasteiger partial charge in [-0.05, 0) is 54.6 Å². The normalized spacial score (nSPS) is 11.2. The van der Waals surface area contributed by atoms with Crippen molar-refractivity contribution in [2.45, 2.75) is 0 Å². The van der Waals surface area contributed by atoms with Crippen LogP contribution in [0.4, 0.5) is 10.1 Å². The fourth-order valence-electron chi connectivity index (χ4n) is 4.57. The molecule has 5 aromatic heterocycles. The third-order valence-corrected chi connectivity index (χ3v) is 6.52. The van der Waals surface area contributed by atoms with E-state index < -0.39 is 0 Å². The number of nitrogens with zero attached hydrogens (tertiary/aromatic N) is 5. The summed E-state index contributed by atoms with van der Waals surface area (Å²) in [6.07, 6.45) is 6.71. The van der Waals surface area contributed by atoms with E-state index in [0.29, 0.717) is 39.6 Å². The Bertz CT molecular complexity index is 2020. The fourth-order valence-corrected chi connectivity index (χ4v) is 4.57. The number of amides is 1. The van der Waals surface area contributed by atoms with Crippen LogP contribution >= 0.6 is 0 Å². The number of fused-ring (bicyclic) bond motifs is 2. The second kappa shape index (κ2) is 9.52. The van der Waals surface area contributed by atoms with Gasteiger partial charge < -0.3 is 10.3 Å². The van der Waals surface area contributed by atoms with Gasteiger partial charge in [0.15, 0.2) is 11.5 Å². The number of H-pyrrole nitrogens is 2. The third kappa shape index (κ3) is 4.23. The zero-order valence-electron chi connectivity index (χ0n) is 20.8. The monoisotopic (exact) mass is 526 g/mol. The summed E-state index contributed by atoms with van der Waals surface area (Å²) >= 11 is 0. The van der Waals surface area contributed by atoms with Gasteiger partial charge in [0.1, 0.15) is 17.0 Å². The zero-order chi connectivity index (χ0) is 27.1. The first-order valence-corrected chi connectivity index (χ1v) is 12.4. The molecular weight excluding hydrogens is 507 g/mol. The Morgan fingerprint density at radius 3 is 2.50 bits per heavy atom. The van der Waals surface area contributed by atoms with Gasteiger partial charge in [-0.2, -0.15) is 5.10 Å². The highest BCUT2D eigenvalue weighted by molar-refractivity contribution is 6.04. The number of aromatic amines is 2. The van der Waals surface area contributed by atoms with Crippen molar-refractivity contribution in [2.24, 2.45) is 0 Å². The lowest BCUT2D eigenvalue weighted by molar-refractivity contribution is 0.102. The molecule has 0 saturated carbocycles. The molecule has 40 heavy (non-hydrogen) atoms. The first kappa shape index (κ1) is 23.4. The number of benzene rings is 2. The molecular formula is C30H19FN8O. The topological polar surface area (TPSA) is 125 Å². The molecule has 0 aliphatic rings. The Morgan fingerprint density at radius 2 is 1.65 bits per heavy atom. The van der Waals surface area contributed by atoms with Crippen LogP contribution in [0.5, 0.6) is 0 Å². The number of carbonyl (C=O) groups is 1. The van der Waals surface area contributed by atoms with Crippen LogP contribution in [0.1, 0.15) is 10.4 Å². The van der Waals surface area contributed by atoms with E-state index in [9.17, 15) is 9.18 Å². The molecule has 0 aliphatic heterocycles. The lowest BCUT2D eigenvalue weighted by Crippen LogP contribution is -2.11. The first-order valence-electron chi connectivity index (χ1n) is 12.4. The minimum atomic E-state index is -0.316. The number of anilines is 1. The molecule has 0 atom stereocenters. The number of nitrogens with one attached hydrogen (secondary N) is 3. The molecule has 0 spiro atoms. The van der Waals surface area contributed by atoms with E-state index in [2.05, 4.69) is 35.5 Å². The molecule has 5 heterocycles. The van der Waals surface area contributed by atoms with Crippen molar-refractivity contribution in [3.8, 4) is 33.9 Å². The number of aromatic nitrogens is 7.